The molecule has 2 amide bonds. The van der Waals surface area contributed by atoms with Crippen molar-refractivity contribution >= 4 is 17.5 Å². The van der Waals surface area contributed by atoms with Gasteiger partial charge in [0.15, 0.2) is 11.9 Å². The lowest BCUT2D eigenvalue weighted by molar-refractivity contribution is -0.128. The number of aromatic nitrogens is 3. The van der Waals surface area contributed by atoms with Gasteiger partial charge in [0.05, 0.1) is 12.2 Å². The first-order valence-corrected chi connectivity index (χ1v) is 7.80. The van der Waals surface area contributed by atoms with Crippen LogP contribution in [-0.4, -0.2) is 39.2 Å². The highest BCUT2D eigenvalue weighted by Crippen LogP contribution is 2.33. The summed E-state index contributed by atoms with van der Waals surface area (Å²) in [6, 6.07) is 7.18. The molecule has 3 rings (SSSR count). The van der Waals surface area contributed by atoms with Gasteiger partial charge in [0, 0.05) is 6.54 Å². The summed E-state index contributed by atoms with van der Waals surface area (Å²) in [6.45, 7) is 4.57. The van der Waals surface area contributed by atoms with E-state index in [-0.39, 0.29) is 24.9 Å². The molecule has 1 N–H and O–H groups in total. The van der Waals surface area contributed by atoms with Crippen LogP contribution in [0.2, 0.25) is 0 Å². The van der Waals surface area contributed by atoms with Crippen LogP contribution >= 0.6 is 0 Å². The monoisotopic (exact) mass is 329 g/mol. The van der Waals surface area contributed by atoms with Crippen LogP contribution in [0.5, 0.6) is 5.75 Å². The summed E-state index contributed by atoms with van der Waals surface area (Å²) in [6.07, 6.45) is 1.00. The summed E-state index contributed by atoms with van der Waals surface area (Å²) in [5.74, 6) is 0.773. The summed E-state index contributed by atoms with van der Waals surface area (Å²) in [5, 5.41) is 10.6. The van der Waals surface area contributed by atoms with E-state index in [1.165, 1.54) is 4.90 Å². The van der Waals surface area contributed by atoms with Crippen molar-refractivity contribution in [2.45, 2.75) is 33.0 Å². The van der Waals surface area contributed by atoms with E-state index in [0.29, 0.717) is 17.3 Å². The summed E-state index contributed by atoms with van der Waals surface area (Å²) in [7, 11) is 0. The van der Waals surface area contributed by atoms with E-state index in [2.05, 4.69) is 15.5 Å². The zero-order chi connectivity index (χ0) is 17.1. The van der Waals surface area contributed by atoms with E-state index in [9.17, 15) is 9.59 Å². The predicted octanol–water partition coefficient (Wildman–Crippen LogP) is 0.728. The second-order valence-corrected chi connectivity index (χ2v) is 5.46. The molecule has 0 aliphatic carbocycles. The van der Waals surface area contributed by atoms with Crippen LogP contribution < -0.4 is 15.0 Å². The summed E-state index contributed by atoms with van der Waals surface area (Å²) in [4.78, 5) is 26.1. The van der Waals surface area contributed by atoms with Crippen LogP contribution in [-0.2, 0) is 22.7 Å². The van der Waals surface area contributed by atoms with Crippen molar-refractivity contribution in [3.8, 4) is 5.75 Å². The lowest BCUT2D eigenvalue weighted by atomic mass is 10.2. The van der Waals surface area contributed by atoms with E-state index >= 15 is 0 Å². The van der Waals surface area contributed by atoms with E-state index in [0.717, 1.165) is 6.54 Å². The van der Waals surface area contributed by atoms with E-state index in [4.69, 9.17) is 4.74 Å². The molecule has 1 aromatic heterocycles. The number of rotatable bonds is 5. The van der Waals surface area contributed by atoms with Gasteiger partial charge in [-0.25, -0.2) is 0 Å². The van der Waals surface area contributed by atoms with Gasteiger partial charge in [0.1, 0.15) is 18.6 Å². The Labute approximate surface area is 139 Å². The zero-order valence-electron chi connectivity index (χ0n) is 13.6. The first-order valence-electron chi connectivity index (χ1n) is 7.80. The molecule has 2 aromatic rings. The minimum Gasteiger partial charge on any atom is -0.479 e. The van der Waals surface area contributed by atoms with E-state index in [1.807, 2.05) is 17.6 Å². The minimum atomic E-state index is -0.615. The summed E-state index contributed by atoms with van der Waals surface area (Å²) >= 11 is 0. The molecule has 0 saturated carbocycles. The summed E-state index contributed by atoms with van der Waals surface area (Å²) < 4.78 is 7.41. The van der Waals surface area contributed by atoms with Gasteiger partial charge in [-0.05, 0) is 26.0 Å². The topological polar surface area (TPSA) is 89.4 Å². The molecule has 8 heteroatoms. The van der Waals surface area contributed by atoms with Crippen LogP contribution in [0.1, 0.15) is 19.7 Å². The maximum Gasteiger partial charge on any atom is 0.268 e. The molecule has 126 valence electrons. The number of carbonyl (C=O) groups excluding carboxylic acids is 2. The second kappa shape index (κ2) is 6.69. The average Bonchev–Trinajstić information content (AvgIpc) is 3.04. The van der Waals surface area contributed by atoms with Crippen molar-refractivity contribution in [1.82, 2.24) is 20.1 Å². The number of hydrogen-bond acceptors (Lipinski definition) is 5. The molecule has 0 spiro atoms. The zero-order valence-corrected chi connectivity index (χ0v) is 13.6. The second-order valence-electron chi connectivity index (χ2n) is 5.46. The van der Waals surface area contributed by atoms with Crippen molar-refractivity contribution in [3.05, 3.63) is 36.4 Å². The number of nitrogens with zero attached hydrogens (tertiary/aromatic N) is 4. The smallest absolute Gasteiger partial charge is 0.268 e. The van der Waals surface area contributed by atoms with Crippen LogP contribution in [0.25, 0.3) is 0 Å². The van der Waals surface area contributed by atoms with Crippen molar-refractivity contribution in [2.24, 2.45) is 0 Å². The third-order valence-electron chi connectivity index (χ3n) is 3.86. The molecule has 2 heterocycles. The Morgan fingerprint density at radius 1 is 1.38 bits per heavy atom. The molecule has 0 fully saturated rings. The number of aryl methyl sites for hydroxylation is 1. The lowest BCUT2D eigenvalue weighted by Crippen LogP contribution is -2.48. The minimum absolute atomic E-state index is 0.0657. The quantitative estimate of drug-likeness (QED) is 0.873. The number of para-hydroxylation sites is 2. The van der Waals surface area contributed by atoms with Crippen LogP contribution in [0.15, 0.2) is 30.6 Å². The number of fused-ring (bicyclic) bond motifs is 1. The molecular formula is C16H19N5O3. The number of hydrogen-bond donors (Lipinski definition) is 1. The Morgan fingerprint density at radius 3 is 2.96 bits per heavy atom. The molecule has 1 atom stereocenters. The van der Waals surface area contributed by atoms with Crippen LogP contribution in [0.4, 0.5) is 5.69 Å². The first-order chi connectivity index (χ1) is 11.6. The largest absolute Gasteiger partial charge is 0.479 e. The molecule has 1 aliphatic heterocycles. The van der Waals surface area contributed by atoms with E-state index in [1.54, 1.807) is 31.5 Å². The molecular weight excluding hydrogens is 310 g/mol. The van der Waals surface area contributed by atoms with Gasteiger partial charge in [-0.15, -0.1) is 10.2 Å². The van der Waals surface area contributed by atoms with E-state index < -0.39 is 6.10 Å². The SMILES string of the molecule is CCn1cnnc1CNC(=O)CN1C(=O)[C@H](C)Oc2ccccc21. The maximum absolute atomic E-state index is 12.4. The van der Waals surface area contributed by atoms with Gasteiger partial charge in [-0.3, -0.25) is 14.5 Å². The van der Waals surface area contributed by atoms with Crippen LogP contribution in [0.3, 0.4) is 0 Å². The Bertz CT molecular complexity index is 758. The Kier molecular flexibility index (Phi) is 4.45. The maximum atomic E-state index is 12.4. The van der Waals surface area contributed by atoms with Crippen molar-refractivity contribution in [3.63, 3.8) is 0 Å². The van der Waals surface area contributed by atoms with Gasteiger partial charge in [0.2, 0.25) is 5.91 Å². The van der Waals surface area contributed by atoms with Gasteiger partial charge >= 0.3 is 0 Å². The molecule has 0 radical (unpaired) electrons. The highest BCUT2D eigenvalue weighted by Gasteiger charge is 2.32. The molecule has 8 nitrogen and oxygen atoms in total. The predicted molar refractivity (Wildman–Crippen MR) is 86.4 cm³/mol. The molecule has 1 aromatic carbocycles. The number of anilines is 1. The molecule has 24 heavy (non-hydrogen) atoms. The number of benzene rings is 1. The third kappa shape index (κ3) is 3.08. The normalized spacial score (nSPS) is 16.5. The molecule has 0 saturated heterocycles. The molecule has 0 bridgehead atoms. The van der Waals surface area contributed by atoms with Gasteiger partial charge < -0.3 is 14.6 Å². The van der Waals surface area contributed by atoms with Crippen molar-refractivity contribution < 1.29 is 14.3 Å². The Morgan fingerprint density at radius 2 is 2.17 bits per heavy atom. The Balaban J connectivity index is 1.68. The third-order valence-corrected chi connectivity index (χ3v) is 3.86. The van der Waals surface area contributed by atoms with Gasteiger partial charge in [0.25, 0.3) is 5.91 Å². The number of amides is 2. The highest BCUT2D eigenvalue weighted by atomic mass is 16.5. The number of ether oxygens (including phenoxy) is 1. The highest BCUT2D eigenvalue weighted by molar-refractivity contribution is 6.03. The fourth-order valence-electron chi connectivity index (χ4n) is 2.58. The summed E-state index contributed by atoms with van der Waals surface area (Å²) in [5.41, 5.74) is 0.604. The van der Waals surface area contributed by atoms with Gasteiger partial charge in [-0.2, -0.15) is 0 Å². The average molecular weight is 329 g/mol. The number of carbonyl (C=O) groups is 2. The fourth-order valence-corrected chi connectivity index (χ4v) is 2.58. The first kappa shape index (κ1) is 16.0. The van der Waals surface area contributed by atoms with Crippen molar-refractivity contribution in [1.29, 1.82) is 0 Å². The molecule has 0 unspecified atom stereocenters. The molecule has 1 aliphatic rings. The number of nitrogens with one attached hydrogen (secondary N) is 1. The fraction of sp³-hybridized carbons (Fsp3) is 0.375. The van der Waals surface area contributed by atoms with Crippen molar-refractivity contribution in [2.75, 3.05) is 11.4 Å². The van der Waals surface area contributed by atoms with Gasteiger partial charge in [-0.1, -0.05) is 12.1 Å². The Hall–Kier alpha value is -2.90. The van der Waals surface area contributed by atoms with Crippen LogP contribution in [0, 0.1) is 0 Å². The lowest BCUT2D eigenvalue weighted by Gasteiger charge is -2.32. The standard InChI is InChI=1S/C16H19N5O3/c1-3-20-10-18-19-14(20)8-17-15(22)9-21-12-6-4-5-7-13(12)24-11(2)16(21)23/h4-7,10-11H,3,8-9H2,1-2H3,(H,17,22)/t11-/m0/s1.